The first-order chi connectivity index (χ1) is 13.4. The average molecular weight is 401 g/mol. The van der Waals surface area contributed by atoms with Crippen LogP contribution in [0, 0.1) is 5.92 Å². The number of pyridine rings is 2. The SMILES string of the molecule is CCC(C)(N=[N+]=[N-])c1cnc(OC2CN(C(=O)C3CC3)C2)c2cnc(Cl)cc12. The maximum absolute atomic E-state index is 12.1. The normalized spacial score (nSPS) is 18.9. The quantitative estimate of drug-likeness (QED) is 0.313. The Hall–Kier alpha value is -2.57. The van der Waals surface area contributed by atoms with Gasteiger partial charge in [0.15, 0.2) is 0 Å². The largest absolute Gasteiger partial charge is 0.470 e. The molecule has 0 bridgehead atoms. The van der Waals surface area contributed by atoms with Crippen LogP contribution in [0.25, 0.3) is 21.2 Å². The summed E-state index contributed by atoms with van der Waals surface area (Å²) in [5, 5.41) is 5.84. The van der Waals surface area contributed by atoms with Crippen LogP contribution in [0.1, 0.15) is 38.7 Å². The Bertz CT molecular complexity index is 982. The number of fused-ring (bicyclic) bond motifs is 1. The van der Waals surface area contributed by atoms with Gasteiger partial charge in [-0.15, -0.1) is 0 Å². The summed E-state index contributed by atoms with van der Waals surface area (Å²) in [5.41, 5.74) is 9.01. The maximum atomic E-state index is 12.1. The molecule has 28 heavy (non-hydrogen) atoms. The number of ether oxygens (including phenoxy) is 1. The van der Waals surface area contributed by atoms with Crippen LogP contribution in [-0.4, -0.2) is 40.0 Å². The third kappa shape index (κ3) is 3.34. The van der Waals surface area contributed by atoms with Crippen LogP contribution in [0.4, 0.5) is 0 Å². The van der Waals surface area contributed by atoms with Gasteiger partial charge in [0.05, 0.1) is 24.0 Å². The molecule has 0 radical (unpaired) electrons. The van der Waals surface area contributed by atoms with Gasteiger partial charge >= 0.3 is 0 Å². The first-order valence-corrected chi connectivity index (χ1v) is 9.79. The maximum Gasteiger partial charge on any atom is 0.225 e. The molecule has 0 spiro atoms. The van der Waals surface area contributed by atoms with E-state index in [1.54, 1.807) is 18.5 Å². The van der Waals surface area contributed by atoms with Crippen molar-refractivity contribution in [3.8, 4) is 5.88 Å². The highest BCUT2D eigenvalue weighted by Gasteiger charge is 2.40. The predicted molar refractivity (Wildman–Crippen MR) is 105 cm³/mol. The fraction of sp³-hybridized carbons (Fsp3) is 0.526. The lowest BCUT2D eigenvalue weighted by Gasteiger charge is -2.39. The van der Waals surface area contributed by atoms with E-state index < -0.39 is 5.54 Å². The molecule has 2 aromatic heterocycles. The summed E-state index contributed by atoms with van der Waals surface area (Å²) >= 11 is 6.13. The van der Waals surface area contributed by atoms with Gasteiger partial charge in [0, 0.05) is 23.2 Å². The lowest BCUT2D eigenvalue weighted by Crippen LogP contribution is -2.56. The molecule has 9 heteroatoms. The lowest BCUT2D eigenvalue weighted by atomic mass is 9.88. The van der Waals surface area contributed by atoms with E-state index in [2.05, 4.69) is 20.0 Å². The fourth-order valence-electron chi connectivity index (χ4n) is 3.46. The molecule has 146 valence electrons. The predicted octanol–water partition coefficient (Wildman–Crippen LogP) is 4.22. The number of nitrogens with zero attached hydrogens (tertiary/aromatic N) is 6. The van der Waals surface area contributed by atoms with Crippen molar-refractivity contribution in [1.82, 2.24) is 14.9 Å². The molecule has 1 unspecified atom stereocenters. The first-order valence-electron chi connectivity index (χ1n) is 9.41. The van der Waals surface area contributed by atoms with Crippen LogP contribution >= 0.6 is 11.6 Å². The minimum atomic E-state index is -0.757. The third-order valence-electron chi connectivity index (χ3n) is 5.60. The van der Waals surface area contributed by atoms with Gasteiger partial charge in [-0.25, -0.2) is 9.97 Å². The Morgan fingerprint density at radius 2 is 2.14 bits per heavy atom. The molecule has 2 aromatic rings. The van der Waals surface area contributed by atoms with Crippen LogP contribution < -0.4 is 4.74 Å². The number of carbonyl (C=O) groups is 1. The molecule has 4 rings (SSSR count). The summed E-state index contributed by atoms with van der Waals surface area (Å²) in [4.78, 5) is 25.6. The highest BCUT2D eigenvalue weighted by Crippen LogP contribution is 2.38. The van der Waals surface area contributed by atoms with Gasteiger partial charge in [0.2, 0.25) is 11.8 Å². The zero-order valence-corrected chi connectivity index (χ0v) is 16.6. The molecule has 2 fully saturated rings. The minimum absolute atomic E-state index is 0.0883. The van der Waals surface area contributed by atoms with E-state index in [4.69, 9.17) is 21.9 Å². The summed E-state index contributed by atoms with van der Waals surface area (Å²) in [7, 11) is 0. The number of azide groups is 1. The molecular formula is C19H21ClN6O2. The molecule has 1 saturated carbocycles. The molecule has 1 amide bonds. The molecule has 3 heterocycles. The van der Waals surface area contributed by atoms with Crippen molar-refractivity contribution in [1.29, 1.82) is 0 Å². The van der Waals surface area contributed by atoms with E-state index in [-0.39, 0.29) is 17.9 Å². The molecule has 2 aliphatic rings. The Morgan fingerprint density at radius 1 is 1.39 bits per heavy atom. The first kappa shape index (κ1) is 18.8. The number of rotatable bonds is 6. The lowest BCUT2D eigenvalue weighted by molar-refractivity contribution is -0.141. The van der Waals surface area contributed by atoms with Crippen LogP contribution in [0.3, 0.4) is 0 Å². The van der Waals surface area contributed by atoms with Gasteiger partial charge in [0.25, 0.3) is 0 Å². The van der Waals surface area contributed by atoms with E-state index in [1.807, 2.05) is 18.7 Å². The zero-order chi connectivity index (χ0) is 19.9. The highest BCUT2D eigenvalue weighted by atomic mass is 35.5. The number of carbonyl (C=O) groups excluding carboxylic acids is 1. The average Bonchev–Trinajstić information content (AvgIpc) is 3.48. The Kier molecular flexibility index (Phi) is 4.77. The fourth-order valence-corrected chi connectivity index (χ4v) is 3.62. The van der Waals surface area contributed by atoms with Crippen molar-refractivity contribution in [2.45, 2.75) is 44.8 Å². The monoisotopic (exact) mass is 400 g/mol. The number of likely N-dealkylation sites (tertiary alicyclic amines) is 1. The van der Waals surface area contributed by atoms with E-state index in [9.17, 15) is 4.79 Å². The number of halogens is 1. The van der Waals surface area contributed by atoms with E-state index in [1.165, 1.54) is 0 Å². The highest BCUT2D eigenvalue weighted by molar-refractivity contribution is 6.30. The van der Waals surface area contributed by atoms with E-state index in [0.29, 0.717) is 35.9 Å². The number of amides is 1. The van der Waals surface area contributed by atoms with Crippen molar-refractivity contribution in [2.24, 2.45) is 11.0 Å². The molecule has 0 N–H and O–H groups in total. The van der Waals surface area contributed by atoms with Gasteiger partial charge in [0.1, 0.15) is 11.3 Å². The van der Waals surface area contributed by atoms with Crippen molar-refractivity contribution in [3.05, 3.63) is 39.6 Å². The van der Waals surface area contributed by atoms with Crippen molar-refractivity contribution in [3.63, 3.8) is 0 Å². The molecule has 1 aliphatic carbocycles. The summed E-state index contributed by atoms with van der Waals surface area (Å²) < 4.78 is 6.05. The molecule has 8 nitrogen and oxygen atoms in total. The van der Waals surface area contributed by atoms with Gasteiger partial charge in [-0.2, -0.15) is 0 Å². The van der Waals surface area contributed by atoms with Crippen LogP contribution in [0.2, 0.25) is 5.15 Å². The number of hydrogen-bond acceptors (Lipinski definition) is 5. The molecule has 1 atom stereocenters. The zero-order valence-electron chi connectivity index (χ0n) is 15.8. The second-order valence-electron chi connectivity index (χ2n) is 7.60. The summed E-state index contributed by atoms with van der Waals surface area (Å²) in [6.07, 6.45) is 5.83. The van der Waals surface area contributed by atoms with Crippen molar-refractivity contribution >= 4 is 28.3 Å². The van der Waals surface area contributed by atoms with Crippen LogP contribution in [0.5, 0.6) is 5.88 Å². The van der Waals surface area contributed by atoms with Gasteiger partial charge in [-0.1, -0.05) is 23.6 Å². The number of hydrogen-bond donors (Lipinski definition) is 0. The standard InChI is InChI=1S/C19H21ClN6O2/c1-3-19(2,24-25-21)15-8-23-17(14-7-22-16(20)6-13(14)15)28-12-9-26(10-12)18(27)11-4-5-11/h6-8,11-12H,3-5,9-10H2,1-2H3. The van der Waals surface area contributed by atoms with Crippen molar-refractivity contribution in [2.75, 3.05) is 13.1 Å². The third-order valence-corrected chi connectivity index (χ3v) is 5.81. The smallest absolute Gasteiger partial charge is 0.225 e. The number of aromatic nitrogens is 2. The Balaban J connectivity index is 1.63. The molecular weight excluding hydrogens is 380 g/mol. The Morgan fingerprint density at radius 3 is 2.79 bits per heavy atom. The second kappa shape index (κ2) is 7.11. The molecule has 1 saturated heterocycles. The van der Waals surface area contributed by atoms with E-state index in [0.717, 1.165) is 23.8 Å². The van der Waals surface area contributed by atoms with Gasteiger partial charge in [-0.3, -0.25) is 4.79 Å². The minimum Gasteiger partial charge on any atom is -0.470 e. The summed E-state index contributed by atoms with van der Waals surface area (Å²) in [5.74, 6) is 0.901. The van der Waals surface area contributed by atoms with Crippen molar-refractivity contribution < 1.29 is 9.53 Å². The summed E-state index contributed by atoms with van der Waals surface area (Å²) in [6.45, 7) is 4.97. The van der Waals surface area contributed by atoms with E-state index >= 15 is 0 Å². The molecule has 0 aromatic carbocycles. The van der Waals surface area contributed by atoms with Gasteiger partial charge in [-0.05, 0) is 48.7 Å². The van der Waals surface area contributed by atoms with Gasteiger partial charge < -0.3 is 9.64 Å². The topological polar surface area (TPSA) is 104 Å². The second-order valence-corrected chi connectivity index (χ2v) is 7.99. The Labute approximate surface area is 167 Å². The molecule has 1 aliphatic heterocycles. The van der Waals surface area contributed by atoms with Crippen LogP contribution in [-0.2, 0) is 10.3 Å². The van der Waals surface area contributed by atoms with Crippen LogP contribution in [0.15, 0.2) is 23.6 Å². The summed E-state index contributed by atoms with van der Waals surface area (Å²) in [6, 6.07) is 1.74.